The molecule has 0 aliphatic carbocycles. The Morgan fingerprint density at radius 1 is 1.04 bits per heavy atom. The van der Waals surface area contributed by atoms with E-state index in [4.69, 9.17) is 4.74 Å². The van der Waals surface area contributed by atoms with Crippen molar-refractivity contribution in [1.82, 2.24) is 10.2 Å². The molecular formula is C21H32N2O3. The van der Waals surface area contributed by atoms with Gasteiger partial charge in [-0.15, -0.1) is 0 Å². The van der Waals surface area contributed by atoms with Gasteiger partial charge in [-0.2, -0.15) is 0 Å². The van der Waals surface area contributed by atoms with Gasteiger partial charge in [0.25, 0.3) is 5.91 Å². The van der Waals surface area contributed by atoms with Gasteiger partial charge in [0, 0.05) is 25.0 Å². The third-order valence-corrected chi connectivity index (χ3v) is 4.88. The summed E-state index contributed by atoms with van der Waals surface area (Å²) in [6.45, 7) is 11.2. The first-order valence-corrected chi connectivity index (χ1v) is 9.63. The van der Waals surface area contributed by atoms with Crippen LogP contribution < -0.4 is 10.1 Å². The van der Waals surface area contributed by atoms with Crippen molar-refractivity contribution in [3.63, 3.8) is 0 Å². The molecular weight excluding hydrogens is 328 g/mol. The number of hydrogen-bond donors (Lipinski definition) is 1. The zero-order chi connectivity index (χ0) is 19.3. The Morgan fingerprint density at radius 3 is 2.12 bits per heavy atom. The summed E-state index contributed by atoms with van der Waals surface area (Å²) in [5.74, 6) is 1.27. The van der Waals surface area contributed by atoms with Crippen molar-refractivity contribution < 1.29 is 14.3 Å². The van der Waals surface area contributed by atoms with Gasteiger partial charge in [0.15, 0.2) is 6.10 Å². The molecule has 26 heavy (non-hydrogen) atoms. The van der Waals surface area contributed by atoms with Gasteiger partial charge < -0.3 is 15.0 Å². The Hall–Kier alpha value is -2.04. The fourth-order valence-corrected chi connectivity index (χ4v) is 3.06. The molecule has 0 bridgehead atoms. The number of rotatable bonds is 6. The molecule has 0 saturated carbocycles. The molecule has 1 aliphatic heterocycles. The second-order valence-corrected chi connectivity index (χ2v) is 7.75. The maximum absolute atomic E-state index is 12.6. The quantitative estimate of drug-likeness (QED) is 0.846. The molecule has 0 aromatic heterocycles. The number of benzene rings is 1. The molecule has 1 saturated heterocycles. The molecule has 5 nitrogen and oxygen atoms in total. The van der Waals surface area contributed by atoms with E-state index in [1.165, 1.54) is 5.56 Å². The van der Waals surface area contributed by atoms with E-state index < -0.39 is 6.10 Å². The Morgan fingerprint density at radius 2 is 1.62 bits per heavy atom. The fraction of sp³-hybridized carbons (Fsp3) is 0.619. The van der Waals surface area contributed by atoms with E-state index in [-0.39, 0.29) is 23.8 Å². The standard InChI is InChI=1S/C21H32N2O3/c1-14(2)17-6-8-19(9-7-17)26-16(5)21(25)23-12-10-18(11-13-23)22-20(24)15(3)4/h6-9,14-16,18H,10-13H2,1-5H3,(H,22,24). The number of carbonyl (C=O) groups excluding carboxylic acids is 2. The van der Waals surface area contributed by atoms with E-state index in [2.05, 4.69) is 19.2 Å². The molecule has 1 N–H and O–H groups in total. The molecule has 5 heteroatoms. The number of hydrogen-bond acceptors (Lipinski definition) is 3. The van der Waals surface area contributed by atoms with Gasteiger partial charge in [-0.25, -0.2) is 0 Å². The molecule has 1 aliphatic rings. The summed E-state index contributed by atoms with van der Waals surface area (Å²) in [5, 5.41) is 3.05. The zero-order valence-electron chi connectivity index (χ0n) is 16.6. The molecule has 0 radical (unpaired) electrons. The maximum atomic E-state index is 12.6. The predicted molar refractivity (Wildman–Crippen MR) is 103 cm³/mol. The maximum Gasteiger partial charge on any atom is 0.263 e. The molecule has 2 rings (SSSR count). The smallest absolute Gasteiger partial charge is 0.263 e. The summed E-state index contributed by atoms with van der Waals surface area (Å²) in [4.78, 5) is 26.3. The van der Waals surface area contributed by atoms with E-state index in [9.17, 15) is 9.59 Å². The van der Waals surface area contributed by atoms with Crippen molar-refractivity contribution in [3.05, 3.63) is 29.8 Å². The summed E-state index contributed by atoms with van der Waals surface area (Å²) in [6.07, 6.45) is 1.07. The van der Waals surface area contributed by atoms with Crippen molar-refractivity contribution >= 4 is 11.8 Å². The van der Waals surface area contributed by atoms with Crippen LogP contribution in [0.25, 0.3) is 0 Å². The van der Waals surface area contributed by atoms with Crippen LogP contribution in [0.1, 0.15) is 58.9 Å². The predicted octanol–water partition coefficient (Wildman–Crippen LogP) is 3.34. The van der Waals surface area contributed by atoms with Crippen molar-refractivity contribution in [1.29, 1.82) is 0 Å². The van der Waals surface area contributed by atoms with Gasteiger partial charge in [0.2, 0.25) is 5.91 Å². The lowest BCUT2D eigenvalue weighted by atomic mass is 10.0. The minimum absolute atomic E-state index is 0.00609. The summed E-state index contributed by atoms with van der Waals surface area (Å²) < 4.78 is 5.83. The number of nitrogens with one attached hydrogen (secondary N) is 1. The lowest BCUT2D eigenvalue weighted by Crippen LogP contribution is -2.50. The third kappa shape index (κ3) is 5.48. The molecule has 1 aromatic carbocycles. The number of nitrogens with zero attached hydrogens (tertiary/aromatic N) is 1. The normalized spacial score (nSPS) is 16.7. The molecule has 0 spiro atoms. The summed E-state index contributed by atoms with van der Waals surface area (Å²) in [7, 11) is 0. The second-order valence-electron chi connectivity index (χ2n) is 7.75. The van der Waals surface area contributed by atoms with E-state index in [0.29, 0.717) is 24.8 Å². The second kappa shape index (κ2) is 9.06. The topological polar surface area (TPSA) is 58.6 Å². The van der Waals surface area contributed by atoms with Crippen LogP contribution in [0, 0.1) is 5.92 Å². The number of ether oxygens (including phenoxy) is 1. The zero-order valence-corrected chi connectivity index (χ0v) is 16.6. The Balaban J connectivity index is 1.82. The lowest BCUT2D eigenvalue weighted by molar-refractivity contribution is -0.139. The third-order valence-electron chi connectivity index (χ3n) is 4.88. The van der Waals surface area contributed by atoms with Gasteiger partial charge >= 0.3 is 0 Å². The molecule has 1 fully saturated rings. The number of piperidine rings is 1. The largest absolute Gasteiger partial charge is 0.481 e. The van der Waals surface area contributed by atoms with E-state index in [1.807, 2.05) is 43.0 Å². The van der Waals surface area contributed by atoms with Crippen molar-refractivity contribution in [2.24, 2.45) is 5.92 Å². The molecule has 1 unspecified atom stereocenters. The fourth-order valence-electron chi connectivity index (χ4n) is 3.06. The van der Waals surface area contributed by atoms with Crippen LogP contribution in [-0.2, 0) is 9.59 Å². The van der Waals surface area contributed by atoms with Crippen molar-refractivity contribution in [2.75, 3.05) is 13.1 Å². The van der Waals surface area contributed by atoms with Gasteiger partial charge in [0.05, 0.1) is 0 Å². The van der Waals surface area contributed by atoms with Crippen molar-refractivity contribution in [2.45, 2.75) is 65.5 Å². The molecule has 1 aromatic rings. The number of carbonyl (C=O) groups is 2. The molecule has 2 amide bonds. The highest BCUT2D eigenvalue weighted by Crippen LogP contribution is 2.20. The van der Waals surface area contributed by atoms with Gasteiger partial charge in [-0.05, 0) is 43.4 Å². The van der Waals surface area contributed by atoms with Crippen LogP contribution in [0.5, 0.6) is 5.75 Å². The van der Waals surface area contributed by atoms with Gasteiger partial charge in [-0.1, -0.05) is 39.8 Å². The van der Waals surface area contributed by atoms with Gasteiger partial charge in [0.1, 0.15) is 5.75 Å². The minimum Gasteiger partial charge on any atom is -0.481 e. The van der Waals surface area contributed by atoms with Crippen LogP contribution in [-0.4, -0.2) is 41.9 Å². The number of amides is 2. The SMILES string of the molecule is CC(C)C(=O)NC1CCN(C(=O)C(C)Oc2ccc(C(C)C)cc2)CC1. The lowest BCUT2D eigenvalue weighted by Gasteiger charge is -2.34. The Kier molecular flexibility index (Phi) is 7.06. The Labute approximate surface area is 157 Å². The molecule has 1 atom stereocenters. The summed E-state index contributed by atoms with van der Waals surface area (Å²) in [6, 6.07) is 8.09. The van der Waals surface area contributed by atoms with E-state index in [1.54, 1.807) is 6.92 Å². The van der Waals surface area contributed by atoms with Crippen molar-refractivity contribution in [3.8, 4) is 5.75 Å². The Bertz CT molecular complexity index is 602. The minimum atomic E-state index is -0.512. The highest BCUT2D eigenvalue weighted by Gasteiger charge is 2.28. The number of likely N-dealkylation sites (tertiary alicyclic amines) is 1. The first kappa shape index (κ1) is 20.3. The highest BCUT2D eigenvalue weighted by molar-refractivity contribution is 5.81. The van der Waals surface area contributed by atoms with Crippen LogP contribution in [0.15, 0.2) is 24.3 Å². The average molecular weight is 360 g/mol. The van der Waals surface area contributed by atoms with Gasteiger partial charge in [-0.3, -0.25) is 9.59 Å². The van der Waals surface area contributed by atoms with E-state index in [0.717, 1.165) is 12.8 Å². The van der Waals surface area contributed by atoms with Crippen LogP contribution in [0.3, 0.4) is 0 Å². The molecule has 1 heterocycles. The van der Waals surface area contributed by atoms with Crippen LogP contribution >= 0.6 is 0 Å². The average Bonchev–Trinajstić information content (AvgIpc) is 2.62. The summed E-state index contributed by atoms with van der Waals surface area (Å²) >= 11 is 0. The molecule has 144 valence electrons. The summed E-state index contributed by atoms with van der Waals surface area (Å²) in [5.41, 5.74) is 1.25. The van der Waals surface area contributed by atoms with E-state index >= 15 is 0 Å². The first-order valence-electron chi connectivity index (χ1n) is 9.63. The first-order chi connectivity index (χ1) is 12.3. The van der Waals surface area contributed by atoms with Crippen LogP contribution in [0.2, 0.25) is 0 Å². The van der Waals surface area contributed by atoms with Crippen LogP contribution in [0.4, 0.5) is 0 Å². The highest BCUT2D eigenvalue weighted by atomic mass is 16.5. The monoisotopic (exact) mass is 360 g/mol.